The van der Waals surface area contributed by atoms with E-state index in [0.717, 1.165) is 26.2 Å². The predicted octanol–water partition coefficient (Wildman–Crippen LogP) is -1.34. The summed E-state index contributed by atoms with van der Waals surface area (Å²) in [7, 11) is 0. The third-order valence-electron chi connectivity index (χ3n) is 4.56. The Kier molecular flexibility index (Phi) is 15.1. The first kappa shape index (κ1) is 29.5. The molecule has 0 bridgehead atoms. The third kappa shape index (κ3) is 8.77. The van der Waals surface area contributed by atoms with Crippen LogP contribution in [0, 0.1) is 41.5 Å². The monoisotopic (exact) mass is 516 g/mol. The van der Waals surface area contributed by atoms with Crippen LogP contribution >= 0.6 is 0 Å². The molecule has 0 spiro atoms. The number of nitrogens with one attached hydrogen (secondary N) is 3. The molecule has 0 aliphatic carbocycles. The summed E-state index contributed by atoms with van der Waals surface area (Å²) in [5.41, 5.74) is 10.5. The molecule has 0 aliphatic rings. The first-order chi connectivity index (χ1) is 11.9. The number of aryl methyl sites for hydroxylation is 6. The van der Waals surface area contributed by atoms with E-state index in [2.05, 4.69) is 81.8 Å². The quantitative estimate of drug-likeness (QED) is 0.299. The minimum Gasteiger partial charge on any atom is -1.00 e. The van der Waals surface area contributed by atoms with Crippen LogP contribution in [0.15, 0.2) is 24.3 Å². The van der Waals surface area contributed by atoms with Gasteiger partial charge in [-0.2, -0.15) is 0 Å². The zero-order valence-electron chi connectivity index (χ0n) is 17.7. The van der Waals surface area contributed by atoms with E-state index in [1.807, 2.05) is 0 Å². The number of benzene rings is 2. The molecule has 0 unspecified atom stereocenters. The molecule has 0 saturated heterocycles. The second-order valence-electron chi connectivity index (χ2n) is 7.15. The van der Waals surface area contributed by atoms with Crippen molar-refractivity contribution in [2.75, 3.05) is 36.8 Å². The fourth-order valence-electron chi connectivity index (χ4n) is 3.59. The third-order valence-corrected chi connectivity index (χ3v) is 4.56. The molecule has 0 aromatic heterocycles. The van der Waals surface area contributed by atoms with E-state index in [-0.39, 0.29) is 47.2 Å². The van der Waals surface area contributed by atoms with Gasteiger partial charge in [0.2, 0.25) is 0 Å². The van der Waals surface area contributed by atoms with Gasteiger partial charge in [0.25, 0.3) is 0 Å². The minimum absolute atomic E-state index is 0. The summed E-state index contributed by atoms with van der Waals surface area (Å²) < 4.78 is 0. The summed E-state index contributed by atoms with van der Waals surface area (Å²) in [5, 5.41) is 10.6. The van der Waals surface area contributed by atoms with Crippen molar-refractivity contribution in [1.29, 1.82) is 0 Å². The first-order valence-corrected chi connectivity index (χ1v) is 9.22. The Bertz CT molecular complexity index is 628. The Balaban J connectivity index is 0. The van der Waals surface area contributed by atoms with Crippen molar-refractivity contribution >= 4 is 11.4 Å². The van der Waals surface area contributed by atoms with Crippen molar-refractivity contribution in [2.24, 2.45) is 0 Å². The average molecular weight is 518 g/mol. The number of anilines is 2. The number of rotatable bonds is 8. The molecule has 0 saturated carbocycles. The minimum atomic E-state index is 0. The number of halogens is 2. The largest absolute Gasteiger partial charge is 1.00 e. The van der Waals surface area contributed by atoms with Gasteiger partial charge in [0.15, 0.2) is 0 Å². The van der Waals surface area contributed by atoms with E-state index in [9.17, 15) is 0 Å². The Labute approximate surface area is 199 Å². The SMILES string of the molecule is Cc1cc(C)c(NCCNCCNc2c(C)cc(C)cc2C)c(C)c1.[Ag].[Cl-].[Cl-]. The molecule has 28 heavy (non-hydrogen) atoms. The van der Waals surface area contributed by atoms with Crippen LogP contribution in [-0.2, 0) is 22.4 Å². The molecule has 2 aromatic carbocycles. The van der Waals surface area contributed by atoms with E-state index < -0.39 is 0 Å². The van der Waals surface area contributed by atoms with Crippen LogP contribution in [-0.4, -0.2) is 26.2 Å². The maximum atomic E-state index is 3.56. The van der Waals surface area contributed by atoms with Gasteiger partial charge in [-0.25, -0.2) is 0 Å². The zero-order valence-corrected chi connectivity index (χ0v) is 20.7. The second-order valence-corrected chi connectivity index (χ2v) is 7.15. The van der Waals surface area contributed by atoms with Gasteiger partial charge in [0.1, 0.15) is 0 Å². The molecule has 0 amide bonds. The molecule has 0 fully saturated rings. The van der Waals surface area contributed by atoms with Crippen molar-refractivity contribution in [3.8, 4) is 0 Å². The van der Waals surface area contributed by atoms with Crippen molar-refractivity contribution in [2.45, 2.75) is 41.5 Å². The van der Waals surface area contributed by atoms with Crippen molar-refractivity contribution in [1.82, 2.24) is 5.32 Å². The van der Waals surface area contributed by atoms with Gasteiger partial charge >= 0.3 is 0 Å². The van der Waals surface area contributed by atoms with Gasteiger partial charge in [0, 0.05) is 59.9 Å². The van der Waals surface area contributed by atoms with Gasteiger partial charge in [-0.3, -0.25) is 0 Å². The van der Waals surface area contributed by atoms with E-state index in [1.54, 1.807) is 0 Å². The van der Waals surface area contributed by atoms with Crippen LogP contribution in [0.3, 0.4) is 0 Å². The van der Waals surface area contributed by atoms with Gasteiger partial charge < -0.3 is 40.8 Å². The average Bonchev–Trinajstić information content (AvgIpc) is 2.50. The van der Waals surface area contributed by atoms with Crippen LogP contribution in [0.1, 0.15) is 33.4 Å². The van der Waals surface area contributed by atoms with Crippen molar-refractivity contribution in [3.63, 3.8) is 0 Å². The summed E-state index contributed by atoms with van der Waals surface area (Å²) in [6.45, 7) is 16.8. The summed E-state index contributed by atoms with van der Waals surface area (Å²) >= 11 is 0. The second kappa shape index (κ2) is 14.3. The van der Waals surface area contributed by atoms with Crippen LogP contribution in [0.4, 0.5) is 11.4 Å². The number of hydrogen-bond acceptors (Lipinski definition) is 3. The molecule has 2 aromatic rings. The normalized spacial score (nSPS) is 9.64. The van der Waals surface area contributed by atoms with E-state index in [1.165, 1.54) is 44.8 Å². The van der Waals surface area contributed by atoms with Crippen molar-refractivity contribution < 1.29 is 47.2 Å². The van der Waals surface area contributed by atoms with Gasteiger partial charge in [-0.1, -0.05) is 35.4 Å². The fourth-order valence-corrected chi connectivity index (χ4v) is 3.59. The topological polar surface area (TPSA) is 36.1 Å². The Hall–Kier alpha value is -0.680. The molecule has 2 rings (SSSR count). The van der Waals surface area contributed by atoms with Crippen LogP contribution in [0.5, 0.6) is 0 Å². The van der Waals surface area contributed by atoms with Crippen molar-refractivity contribution in [3.05, 3.63) is 57.6 Å². The standard InChI is InChI=1S/C22H33N3.Ag.2ClH/c1-15-11-17(3)21(18(4)12-15)24-9-7-23-8-10-25-22-19(5)13-16(2)14-20(22)6;;;/h11-14,23-25H,7-10H2,1-6H3;;2*1H/p-2. The maximum Gasteiger partial charge on any atom is 0.0400 e. The molecule has 163 valence electrons. The molecule has 3 nitrogen and oxygen atoms in total. The van der Waals surface area contributed by atoms with Gasteiger partial charge in [-0.15, -0.1) is 0 Å². The van der Waals surface area contributed by atoms with Gasteiger partial charge in [-0.05, 0) is 63.8 Å². The Morgan fingerprint density at radius 1 is 0.536 bits per heavy atom. The first-order valence-electron chi connectivity index (χ1n) is 9.22. The summed E-state index contributed by atoms with van der Waals surface area (Å²) in [5.74, 6) is 0. The molecule has 1 radical (unpaired) electrons. The molecule has 0 atom stereocenters. The Morgan fingerprint density at radius 2 is 0.821 bits per heavy atom. The van der Waals surface area contributed by atoms with Gasteiger partial charge in [0.05, 0.1) is 0 Å². The van der Waals surface area contributed by atoms with E-state index in [0.29, 0.717) is 0 Å². The van der Waals surface area contributed by atoms with E-state index in [4.69, 9.17) is 0 Å². The Morgan fingerprint density at radius 3 is 1.11 bits per heavy atom. The smallest absolute Gasteiger partial charge is 0.0400 e. The number of hydrogen-bond donors (Lipinski definition) is 3. The zero-order chi connectivity index (χ0) is 18.4. The molecule has 3 N–H and O–H groups in total. The summed E-state index contributed by atoms with van der Waals surface area (Å²) in [6, 6.07) is 8.94. The molecular weight excluding hydrogens is 485 g/mol. The molecular formula is C22H33AgCl2N3-2. The summed E-state index contributed by atoms with van der Waals surface area (Å²) in [4.78, 5) is 0. The van der Waals surface area contributed by atoms with Crippen LogP contribution in [0.25, 0.3) is 0 Å². The summed E-state index contributed by atoms with van der Waals surface area (Å²) in [6.07, 6.45) is 0. The molecule has 0 aliphatic heterocycles. The van der Waals surface area contributed by atoms with E-state index >= 15 is 0 Å². The predicted molar refractivity (Wildman–Crippen MR) is 111 cm³/mol. The van der Waals surface area contributed by atoms with Crippen LogP contribution in [0.2, 0.25) is 0 Å². The molecule has 0 heterocycles. The van der Waals surface area contributed by atoms with Crippen LogP contribution < -0.4 is 40.8 Å². The fraction of sp³-hybridized carbons (Fsp3) is 0.455. The molecule has 6 heteroatoms. The maximum absolute atomic E-state index is 3.56.